The number of fused-ring (bicyclic) bond motifs is 1. The van der Waals surface area contributed by atoms with E-state index in [1.165, 1.54) is 0 Å². The second kappa shape index (κ2) is 10.5. The number of nitrogens with zero attached hydrogens (tertiary/aromatic N) is 1. The van der Waals surface area contributed by atoms with Gasteiger partial charge >= 0.3 is 0 Å². The first-order chi connectivity index (χ1) is 16.8. The van der Waals surface area contributed by atoms with Gasteiger partial charge in [0.25, 0.3) is 11.8 Å². The topological polar surface area (TPSA) is 125 Å². The van der Waals surface area contributed by atoms with Gasteiger partial charge in [-0.05, 0) is 43.9 Å². The molecular weight excluding hydrogens is 448 g/mol. The number of hydrogen-bond donors (Lipinski definition) is 3. The van der Waals surface area contributed by atoms with E-state index in [4.69, 9.17) is 0 Å². The van der Waals surface area contributed by atoms with Crippen molar-refractivity contribution in [2.45, 2.75) is 45.1 Å². The van der Waals surface area contributed by atoms with Gasteiger partial charge in [-0.2, -0.15) is 0 Å². The quantitative estimate of drug-likeness (QED) is 0.375. The van der Waals surface area contributed by atoms with Crippen molar-refractivity contribution in [3.05, 3.63) is 64.7 Å². The maximum Gasteiger partial charge on any atom is 0.264 e. The van der Waals surface area contributed by atoms with Crippen molar-refractivity contribution < 1.29 is 24.0 Å². The fraction of sp³-hybridized carbons (Fsp3) is 0.346. The largest absolute Gasteiger partial charge is 0.384 e. The summed E-state index contributed by atoms with van der Waals surface area (Å²) in [6, 6.07) is 11.8. The van der Waals surface area contributed by atoms with Crippen LogP contribution in [0.15, 0.2) is 42.5 Å². The van der Waals surface area contributed by atoms with Gasteiger partial charge in [0.1, 0.15) is 6.04 Å². The number of nitrogens with one attached hydrogen (secondary N) is 3. The molecule has 0 saturated carbocycles. The number of unbranched alkanes of at least 4 members (excludes halogenated alkanes) is 1. The van der Waals surface area contributed by atoms with Crippen LogP contribution in [-0.4, -0.2) is 53.6 Å². The first kappa shape index (κ1) is 24.1. The average molecular weight is 477 g/mol. The monoisotopic (exact) mass is 476 g/mol. The van der Waals surface area contributed by atoms with Gasteiger partial charge in [-0.1, -0.05) is 35.9 Å². The molecule has 1 fully saturated rings. The number of carbonyl (C=O) groups excluding carboxylic acids is 5. The molecule has 1 unspecified atom stereocenters. The number of rotatable bonds is 9. The Hall–Kier alpha value is -4.01. The van der Waals surface area contributed by atoms with Crippen molar-refractivity contribution in [3.63, 3.8) is 0 Å². The van der Waals surface area contributed by atoms with E-state index >= 15 is 0 Å². The SMILES string of the molecule is Cc1cccc(CC(=O)NCCCCNc2cccc3c2C(=O)N(C2CCC(=O)NC2=O)C3=O)c1. The van der Waals surface area contributed by atoms with Gasteiger partial charge in [0, 0.05) is 25.2 Å². The van der Waals surface area contributed by atoms with E-state index in [0.29, 0.717) is 25.2 Å². The zero-order chi connectivity index (χ0) is 24.9. The lowest BCUT2D eigenvalue weighted by Crippen LogP contribution is -2.54. The number of amides is 5. The van der Waals surface area contributed by atoms with E-state index in [9.17, 15) is 24.0 Å². The lowest BCUT2D eigenvalue weighted by Gasteiger charge is -2.27. The summed E-state index contributed by atoms with van der Waals surface area (Å²) in [5.41, 5.74) is 3.11. The molecule has 0 aromatic heterocycles. The van der Waals surface area contributed by atoms with Crippen LogP contribution in [0.25, 0.3) is 0 Å². The lowest BCUT2D eigenvalue weighted by molar-refractivity contribution is -0.136. The summed E-state index contributed by atoms with van der Waals surface area (Å²) < 4.78 is 0. The number of aryl methyl sites for hydroxylation is 1. The predicted molar refractivity (Wildman–Crippen MR) is 129 cm³/mol. The molecule has 4 rings (SSSR count). The molecule has 0 radical (unpaired) electrons. The fourth-order valence-electron chi connectivity index (χ4n) is 4.43. The molecule has 9 nitrogen and oxygen atoms in total. The summed E-state index contributed by atoms with van der Waals surface area (Å²) >= 11 is 0. The molecule has 0 bridgehead atoms. The Labute approximate surface area is 203 Å². The van der Waals surface area contributed by atoms with Crippen LogP contribution in [-0.2, 0) is 20.8 Å². The summed E-state index contributed by atoms with van der Waals surface area (Å²) in [5, 5.41) is 8.32. The minimum absolute atomic E-state index is 0.0258. The Kier molecular flexibility index (Phi) is 7.24. The van der Waals surface area contributed by atoms with Gasteiger partial charge in [0.05, 0.1) is 17.5 Å². The number of imide groups is 2. The maximum atomic E-state index is 13.1. The standard InChI is InChI=1S/C26H28N4O5/c1-16-6-4-7-17(14-16)15-22(32)28-13-3-2-12-27-19-9-5-8-18-23(19)26(35)30(25(18)34)20-10-11-21(31)29-24(20)33/h4-9,14,20,27H,2-3,10-13,15H2,1H3,(H,28,32)(H,29,31,33). The van der Waals surface area contributed by atoms with E-state index in [1.807, 2.05) is 31.2 Å². The van der Waals surface area contributed by atoms with Crippen molar-refractivity contribution in [2.75, 3.05) is 18.4 Å². The minimum Gasteiger partial charge on any atom is -0.384 e. The van der Waals surface area contributed by atoms with Crippen LogP contribution in [0.2, 0.25) is 0 Å². The Balaban J connectivity index is 1.27. The van der Waals surface area contributed by atoms with Crippen LogP contribution in [0.3, 0.4) is 0 Å². The van der Waals surface area contributed by atoms with E-state index in [0.717, 1.165) is 28.9 Å². The molecular formula is C26H28N4O5. The second-order valence-corrected chi connectivity index (χ2v) is 8.83. The first-order valence-electron chi connectivity index (χ1n) is 11.8. The summed E-state index contributed by atoms with van der Waals surface area (Å²) in [5.74, 6) is -2.13. The average Bonchev–Trinajstić information content (AvgIpc) is 3.07. The summed E-state index contributed by atoms with van der Waals surface area (Å²) in [4.78, 5) is 62.7. The third-order valence-electron chi connectivity index (χ3n) is 6.16. The van der Waals surface area contributed by atoms with E-state index in [1.54, 1.807) is 18.2 Å². The third-order valence-corrected chi connectivity index (χ3v) is 6.16. The molecule has 5 amide bonds. The highest BCUT2D eigenvalue weighted by Crippen LogP contribution is 2.32. The van der Waals surface area contributed by atoms with Gasteiger partial charge in [-0.3, -0.25) is 34.2 Å². The van der Waals surface area contributed by atoms with Gasteiger partial charge < -0.3 is 10.6 Å². The molecule has 2 aromatic carbocycles. The first-order valence-corrected chi connectivity index (χ1v) is 11.8. The van der Waals surface area contributed by atoms with Gasteiger partial charge in [-0.15, -0.1) is 0 Å². The molecule has 35 heavy (non-hydrogen) atoms. The van der Waals surface area contributed by atoms with Crippen LogP contribution >= 0.6 is 0 Å². The molecule has 2 aliphatic rings. The number of carbonyl (C=O) groups is 5. The molecule has 2 aliphatic heterocycles. The van der Waals surface area contributed by atoms with E-state index < -0.39 is 29.7 Å². The molecule has 2 aromatic rings. The van der Waals surface area contributed by atoms with Crippen LogP contribution in [0.5, 0.6) is 0 Å². The van der Waals surface area contributed by atoms with Crippen molar-refractivity contribution in [1.29, 1.82) is 0 Å². The maximum absolute atomic E-state index is 13.1. The van der Waals surface area contributed by atoms with Crippen molar-refractivity contribution in [2.24, 2.45) is 0 Å². The lowest BCUT2D eigenvalue weighted by atomic mass is 10.0. The highest BCUT2D eigenvalue weighted by molar-refractivity contribution is 6.25. The van der Waals surface area contributed by atoms with Crippen LogP contribution in [0.4, 0.5) is 5.69 Å². The summed E-state index contributed by atoms with van der Waals surface area (Å²) in [6.07, 6.45) is 2.03. The molecule has 1 saturated heterocycles. The minimum atomic E-state index is -0.989. The summed E-state index contributed by atoms with van der Waals surface area (Å²) in [7, 11) is 0. The van der Waals surface area contributed by atoms with Crippen molar-refractivity contribution >= 4 is 35.2 Å². The molecule has 2 heterocycles. The highest BCUT2D eigenvalue weighted by atomic mass is 16.2. The number of anilines is 1. The van der Waals surface area contributed by atoms with Crippen molar-refractivity contribution in [1.82, 2.24) is 15.5 Å². The van der Waals surface area contributed by atoms with Crippen LogP contribution in [0.1, 0.15) is 57.5 Å². The highest BCUT2D eigenvalue weighted by Gasteiger charge is 2.45. The summed E-state index contributed by atoms with van der Waals surface area (Å²) in [6.45, 7) is 3.08. The number of piperidine rings is 1. The Morgan fingerprint density at radius 2 is 1.80 bits per heavy atom. The molecule has 1 atom stereocenters. The van der Waals surface area contributed by atoms with Gasteiger partial charge in [0.2, 0.25) is 17.7 Å². The second-order valence-electron chi connectivity index (χ2n) is 8.83. The zero-order valence-corrected chi connectivity index (χ0v) is 19.6. The van der Waals surface area contributed by atoms with Crippen LogP contribution in [0, 0.1) is 6.92 Å². The Morgan fingerprint density at radius 1 is 1.03 bits per heavy atom. The van der Waals surface area contributed by atoms with E-state index in [2.05, 4.69) is 16.0 Å². The van der Waals surface area contributed by atoms with E-state index in [-0.39, 0.29) is 29.9 Å². The molecule has 0 spiro atoms. The predicted octanol–water partition coefficient (Wildman–Crippen LogP) is 1.95. The van der Waals surface area contributed by atoms with Gasteiger partial charge in [0.15, 0.2) is 0 Å². The smallest absolute Gasteiger partial charge is 0.264 e. The normalized spacial score (nSPS) is 17.3. The molecule has 0 aliphatic carbocycles. The van der Waals surface area contributed by atoms with Gasteiger partial charge in [-0.25, -0.2) is 0 Å². The Morgan fingerprint density at radius 3 is 2.57 bits per heavy atom. The molecule has 3 N–H and O–H groups in total. The number of benzene rings is 2. The zero-order valence-electron chi connectivity index (χ0n) is 19.6. The van der Waals surface area contributed by atoms with Crippen LogP contribution < -0.4 is 16.0 Å². The number of hydrogen-bond acceptors (Lipinski definition) is 6. The van der Waals surface area contributed by atoms with Crippen molar-refractivity contribution in [3.8, 4) is 0 Å². The Bertz CT molecular complexity index is 1190. The molecule has 182 valence electrons. The fourth-order valence-corrected chi connectivity index (χ4v) is 4.43. The molecule has 9 heteroatoms. The third kappa shape index (κ3) is 5.40.